The van der Waals surface area contributed by atoms with Crippen molar-refractivity contribution in [2.45, 2.75) is 45.3 Å². The van der Waals surface area contributed by atoms with Crippen LogP contribution in [-0.2, 0) is 16.1 Å². The standard InChI is InChI=1S/C14H18FN3O2/c1-3-4-12-14(20)18(9(2)13(19)17-12)8-10-5-11(15)7-16-6-10/h5-7,9,12H,3-4,8H2,1-2H3,(H,17,19). The van der Waals surface area contributed by atoms with Gasteiger partial charge in [0.05, 0.1) is 6.20 Å². The van der Waals surface area contributed by atoms with Crippen molar-refractivity contribution in [3.8, 4) is 0 Å². The molecule has 2 heterocycles. The van der Waals surface area contributed by atoms with Crippen molar-refractivity contribution in [2.24, 2.45) is 0 Å². The summed E-state index contributed by atoms with van der Waals surface area (Å²) in [6.45, 7) is 3.82. The minimum absolute atomic E-state index is 0.122. The highest BCUT2D eigenvalue weighted by atomic mass is 19.1. The quantitative estimate of drug-likeness (QED) is 0.902. The summed E-state index contributed by atoms with van der Waals surface area (Å²) in [4.78, 5) is 29.5. The molecule has 2 amide bonds. The monoisotopic (exact) mass is 279 g/mol. The summed E-state index contributed by atoms with van der Waals surface area (Å²) in [5, 5.41) is 2.72. The first-order chi connectivity index (χ1) is 9.52. The Bertz CT molecular complexity index is 521. The summed E-state index contributed by atoms with van der Waals surface area (Å²) in [5.41, 5.74) is 0.579. The molecule has 2 unspecified atom stereocenters. The Morgan fingerprint density at radius 3 is 2.80 bits per heavy atom. The maximum Gasteiger partial charge on any atom is 0.246 e. The minimum atomic E-state index is -0.557. The number of halogens is 1. The average Bonchev–Trinajstić information content (AvgIpc) is 2.41. The average molecular weight is 279 g/mol. The van der Waals surface area contributed by atoms with Crippen molar-refractivity contribution >= 4 is 11.8 Å². The summed E-state index contributed by atoms with van der Waals surface area (Å²) in [7, 11) is 0. The second-order valence-electron chi connectivity index (χ2n) is 5.00. The predicted molar refractivity (Wildman–Crippen MR) is 71.0 cm³/mol. The Morgan fingerprint density at radius 2 is 2.15 bits per heavy atom. The van der Waals surface area contributed by atoms with Crippen LogP contribution < -0.4 is 5.32 Å². The van der Waals surface area contributed by atoms with Crippen LogP contribution in [0.2, 0.25) is 0 Å². The molecule has 1 N–H and O–H groups in total. The van der Waals surface area contributed by atoms with Crippen LogP contribution in [0, 0.1) is 5.82 Å². The predicted octanol–water partition coefficient (Wildman–Crippen LogP) is 1.24. The van der Waals surface area contributed by atoms with Gasteiger partial charge in [-0.15, -0.1) is 0 Å². The van der Waals surface area contributed by atoms with Crippen molar-refractivity contribution in [3.63, 3.8) is 0 Å². The van der Waals surface area contributed by atoms with E-state index in [9.17, 15) is 14.0 Å². The van der Waals surface area contributed by atoms with Crippen LogP contribution in [0.1, 0.15) is 32.3 Å². The molecule has 108 valence electrons. The fraction of sp³-hybridized carbons (Fsp3) is 0.500. The smallest absolute Gasteiger partial charge is 0.246 e. The van der Waals surface area contributed by atoms with E-state index in [1.165, 1.54) is 17.2 Å². The van der Waals surface area contributed by atoms with E-state index in [1.807, 2.05) is 6.92 Å². The third kappa shape index (κ3) is 2.95. The second-order valence-corrected chi connectivity index (χ2v) is 5.00. The van der Waals surface area contributed by atoms with Crippen molar-refractivity contribution in [1.82, 2.24) is 15.2 Å². The fourth-order valence-electron chi connectivity index (χ4n) is 2.32. The van der Waals surface area contributed by atoms with E-state index in [1.54, 1.807) is 6.92 Å². The zero-order valence-corrected chi connectivity index (χ0v) is 11.6. The molecular formula is C14H18FN3O2. The van der Waals surface area contributed by atoms with Gasteiger partial charge < -0.3 is 10.2 Å². The van der Waals surface area contributed by atoms with Gasteiger partial charge in [-0.05, 0) is 25.0 Å². The van der Waals surface area contributed by atoms with E-state index < -0.39 is 17.9 Å². The Morgan fingerprint density at radius 1 is 1.40 bits per heavy atom. The van der Waals surface area contributed by atoms with Gasteiger partial charge in [0, 0.05) is 12.7 Å². The van der Waals surface area contributed by atoms with Gasteiger partial charge in [-0.25, -0.2) is 4.39 Å². The van der Waals surface area contributed by atoms with Crippen molar-refractivity contribution in [2.75, 3.05) is 0 Å². The molecule has 0 radical (unpaired) electrons. The molecule has 2 atom stereocenters. The van der Waals surface area contributed by atoms with Crippen molar-refractivity contribution in [1.29, 1.82) is 0 Å². The molecule has 1 aromatic heterocycles. The van der Waals surface area contributed by atoms with E-state index in [2.05, 4.69) is 10.3 Å². The highest BCUT2D eigenvalue weighted by Crippen LogP contribution is 2.16. The lowest BCUT2D eigenvalue weighted by Gasteiger charge is -2.37. The number of rotatable bonds is 4. The summed E-state index contributed by atoms with van der Waals surface area (Å²) in [6.07, 6.45) is 4.03. The molecule has 6 heteroatoms. The van der Waals surface area contributed by atoms with Crippen LogP contribution in [-0.4, -0.2) is 33.8 Å². The molecule has 1 fully saturated rings. The zero-order valence-electron chi connectivity index (χ0n) is 11.6. The number of hydrogen-bond acceptors (Lipinski definition) is 3. The zero-order chi connectivity index (χ0) is 14.7. The molecular weight excluding hydrogens is 261 g/mol. The summed E-state index contributed by atoms with van der Waals surface area (Å²) in [6, 6.07) is 0.290. The number of nitrogens with one attached hydrogen (secondary N) is 1. The summed E-state index contributed by atoms with van der Waals surface area (Å²) < 4.78 is 13.1. The molecule has 0 aliphatic carbocycles. The van der Waals surface area contributed by atoms with E-state index in [0.717, 1.165) is 12.6 Å². The van der Waals surface area contributed by atoms with Gasteiger partial charge in [0.25, 0.3) is 0 Å². The van der Waals surface area contributed by atoms with E-state index in [-0.39, 0.29) is 18.4 Å². The van der Waals surface area contributed by atoms with Gasteiger partial charge in [-0.1, -0.05) is 13.3 Å². The molecule has 0 aromatic carbocycles. The minimum Gasteiger partial charge on any atom is -0.343 e. The number of nitrogens with zero attached hydrogens (tertiary/aromatic N) is 2. The third-order valence-corrected chi connectivity index (χ3v) is 3.44. The Labute approximate surface area is 117 Å². The molecule has 1 aromatic rings. The first-order valence-electron chi connectivity index (χ1n) is 6.73. The lowest BCUT2D eigenvalue weighted by Crippen LogP contribution is -2.61. The van der Waals surface area contributed by atoms with E-state index in [0.29, 0.717) is 12.0 Å². The third-order valence-electron chi connectivity index (χ3n) is 3.44. The molecule has 5 nitrogen and oxygen atoms in total. The van der Waals surface area contributed by atoms with Gasteiger partial charge in [0.2, 0.25) is 11.8 Å². The highest BCUT2D eigenvalue weighted by molar-refractivity contribution is 5.96. The Hall–Kier alpha value is -1.98. The molecule has 0 spiro atoms. The summed E-state index contributed by atoms with van der Waals surface area (Å²) in [5.74, 6) is -0.746. The van der Waals surface area contributed by atoms with Crippen LogP contribution in [0.25, 0.3) is 0 Å². The number of carbonyl (C=O) groups excluding carboxylic acids is 2. The number of carbonyl (C=O) groups is 2. The number of hydrogen-bond donors (Lipinski definition) is 1. The first kappa shape index (κ1) is 14.4. The van der Waals surface area contributed by atoms with Gasteiger partial charge in [-0.3, -0.25) is 14.6 Å². The number of pyridine rings is 1. The van der Waals surface area contributed by atoms with Crippen LogP contribution in [0.5, 0.6) is 0 Å². The number of aromatic nitrogens is 1. The highest BCUT2D eigenvalue weighted by Gasteiger charge is 2.37. The molecule has 0 saturated carbocycles. The molecule has 0 bridgehead atoms. The molecule has 1 aliphatic rings. The maximum atomic E-state index is 13.1. The van der Waals surface area contributed by atoms with Crippen LogP contribution in [0.15, 0.2) is 18.5 Å². The second kappa shape index (κ2) is 5.98. The lowest BCUT2D eigenvalue weighted by atomic mass is 10.0. The van der Waals surface area contributed by atoms with Gasteiger partial charge in [-0.2, -0.15) is 0 Å². The topological polar surface area (TPSA) is 62.3 Å². The number of amides is 2. The Kier molecular flexibility index (Phi) is 4.32. The fourth-order valence-corrected chi connectivity index (χ4v) is 2.32. The van der Waals surface area contributed by atoms with Crippen LogP contribution >= 0.6 is 0 Å². The van der Waals surface area contributed by atoms with Crippen molar-refractivity contribution in [3.05, 3.63) is 29.8 Å². The molecule has 1 saturated heterocycles. The largest absolute Gasteiger partial charge is 0.343 e. The number of piperazine rings is 1. The molecule has 20 heavy (non-hydrogen) atoms. The van der Waals surface area contributed by atoms with Crippen molar-refractivity contribution < 1.29 is 14.0 Å². The first-order valence-corrected chi connectivity index (χ1v) is 6.73. The van der Waals surface area contributed by atoms with Gasteiger partial charge in [0.15, 0.2) is 0 Å². The summed E-state index contributed by atoms with van der Waals surface area (Å²) >= 11 is 0. The molecule has 2 rings (SSSR count). The Balaban J connectivity index is 2.18. The van der Waals surface area contributed by atoms with Crippen LogP contribution in [0.3, 0.4) is 0 Å². The lowest BCUT2D eigenvalue weighted by molar-refractivity contribution is -0.149. The van der Waals surface area contributed by atoms with E-state index >= 15 is 0 Å². The van der Waals surface area contributed by atoms with Gasteiger partial charge >= 0.3 is 0 Å². The van der Waals surface area contributed by atoms with E-state index in [4.69, 9.17) is 0 Å². The maximum absolute atomic E-state index is 13.1. The van der Waals surface area contributed by atoms with Gasteiger partial charge in [0.1, 0.15) is 17.9 Å². The van der Waals surface area contributed by atoms with Crippen LogP contribution in [0.4, 0.5) is 4.39 Å². The SMILES string of the molecule is CCCC1NC(=O)C(C)N(Cc2cncc(F)c2)C1=O. The molecule has 1 aliphatic heterocycles. The normalized spacial score (nSPS) is 22.9.